The van der Waals surface area contributed by atoms with E-state index in [1.807, 2.05) is 59.7 Å². The van der Waals surface area contributed by atoms with E-state index in [4.69, 9.17) is 16.3 Å². The lowest BCUT2D eigenvalue weighted by atomic mass is 9.73. The van der Waals surface area contributed by atoms with Crippen LogP contribution in [0.1, 0.15) is 71.1 Å². The van der Waals surface area contributed by atoms with Crippen LogP contribution >= 0.6 is 11.6 Å². The lowest BCUT2D eigenvalue weighted by molar-refractivity contribution is -0.125. The molecule has 0 unspecified atom stereocenters. The smallest absolute Gasteiger partial charge is 0.323 e. The van der Waals surface area contributed by atoms with E-state index in [0.717, 1.165) is 22.5 Å². The number of hydrogen-bond donors (Lipinski definition) is 4. The molecule has 0 aliphatic carbocycles. The monoisotopic (exact) mass is 593 g/mol. The Labute approximate surface area is 251 Å². The number of amides is 3. The molecule has 4 aromatic rings. The minimum absolute atomic E-state index is 0.217. The summed E-state index contributed by atoms with van der Waals surface area (Å²) in [5, 5.41) is 21.4. The number of urea groups is 1. The maximum Gasteiger partial charge on any atom is 0.323 e. The van der Waals surface area contributed by atoms with Crippen molar-refractivity contribution >= 4 is 40.6 Å². The van der Waals surface area contributed by atoms with Crippen LogP contribution in [0.15, 0.2) is 42.5 Å². The number of H-pyrrole nitrogens is 1. The molecule has 0 aliphatic rings. The van der Waals surface area contributed by atoms with Gasteiger partial charge in [-0.2, -0.15) is 0 Å². The molecule has 42 heavy (non-hydrogen) atoms. The first-order chi connectivity index (χ1) is 19.5. The Balaban J connectivity index is 1.44. The molecule has 0 atom stereocenters. The molecule has 0 fully saturated rings. The highest BCUT2D eigenvalue weighted by atomic mass is 35.5. The van der Waals surface area contributed by atoms with Crippen molar-refractivity contribution < 1.29 is 14.3 Å². The maximum absolute atomic E-state index is 13.1. The van der Waals surface area contributed by atoms with E-state index in [2.05, 4.69) is 52.0 Å². The molecule has 2 heterocycles. The average Bonchev–Trinajstić information content (AvgIpc) is 3.46. The number of halogens is 1. The number of hydrogen-bond acceptors (Lipinski definition) is 5. The van der Waals surface area contributed by atoms with Crippen molar-refractivity contribution in [3.63, 3.8) is 0 Å². The van der Waals surface area contributed by atoms with Crippen LogP contribution < -0.4 is 20.7 Å². The Morgan fingerprint density at radius 1 is 0.952 bits per heavy atom. The summed E-state index contributed by atoms with van der Waals surface area (Å²) in [6.45, 7) is 17.7. The summed E-state index contributed by atoms with van der Waals surface area (Å²) in [6.07, 6.45) is 0. The van der Waals surface area contributed by atoms with Crippen LogP contribution in [0.5, 0.6) is 5.75 Å². The number of benzene rings is 2. The zero-order valence-electron chi connectivity index (χ0n) is 25.7. The summed E-state index contributed by atoms with van der Waals surface area (Å²) >= 11 is 6.63. The minimum atomic E-state index is -0.765. The van der Waals surface area contributed by atoms with Crippen molar-refractivity contribution in [2.75, 3.05) is 17.2 Å². The number of aromatic amines is 1. The van der Waals surface area contributed by atoms with E-state index in [1.54, 1.807) is 28.8 Å². The fourth-order valence-electron chi connectivity index (χ4n) is 4.51. The van der Waals surface area contributed by atoms with Crippen LogP contribution in [0.4, 0.5) is 16.2 Å². The quantitative estimate of drug-likeness (QED) is 0.185. The number of carbonyl (C=O) groups is 2. The topological polar surface area (TPSA) is 125 Å². The van der Waals surface area contributed by atoms with Gasteiger partial charge in [0.25, 0.3) is 5.91 Å². The molecule has 4 rings (SSSR count). The molecule has 0 saturated carbocycles. The number of anilines is 2. The van der Waals surface area contributed by atoms with E-state index < -0.39 is 17.0 Å². The van der Waals surface area contributed by atoms with Crippen LogP contribution in [-0.2, 0) is 15.6 Å². The fraction of sp³-hybridized carbons (Fsp3) is 0.419. The van der Waals surface area contributed by atoms with Crippen LogP contribution in [0, 0.1) is 13.8 Å². The standard InChI is InChI=1S/C31H40ClN7O3/c1-18-14-15-19(2)21(16-18)34-28(41)33-20-12-10-11-13-22(20)42-17-23(40)35-31(8,9)30(6,7)27-37-36-26-24(32)25(29(3,4)5)38-39(26)27/h10-16,38H,17H2,1-9H3,(H,35,40)(H2,33,34,41). The SMILES string of the molecule is Cc1ccc(C)c(NC(=O)Nc2ccccc2OCC(=O)NC(C)(C)C(C)(C)c2nnc3c(Cl)c(C(C)(C)C)[nH]n23)c1. The molecule has 0 saturated heterocycles. The number of carbonyl (C=O) groups excluding carboxylic acids is 2. The highest BCUT2D eigenvalue weighted by molar-refractivity contribution is 6.34. The molecular weight excluding hydrogens is 554 g/mol. The van der Waals surface area contributed by atoms with E-state index in [0.29, 0.717) is 27.9 Å². The van der Waals surface area contributed by atoms with Gasteiger partial charge in [0.05, 0.1) is 11.4 Å². The van der Waals surface area contributed by atoms with Gasteiger partial charge in [0.1, 0.15) is 10.8 Å². The van der Waals surface area contributed by atoms with Gasteiger partial charge in [-0.1, -0.05) is 70.5 Å². The zero-order valence-corrected chi connectivity index (χ0v) is 26.4. The Kier molecular flexibility index (Phi) is 8.33. The number of aryl methyl sites for hydroxylation is 2. The van der Waals surface area contributed by atoms with Crippen LogP contribution in [0.2, 0.25) is 5.02 Å². The zero-order chi connectivity index (χ0) is 31.0. The van der Waals surface area contributed by atoms with Gasteiger partial charge in [0.15, 0.2) is 18.1 Å². The molecule has 0 radical (unpaired) electrons. The molecule has 224 valence electrons. The third-order valence-electron chi connectivity index (χ3n) is 7.76. The third-order valence-corrected chi connectivity index (χ3v) is 8.12. The van der Waals surface area contributed by atoms with Crippen LogP contribution in [0.3, 0.4) is 0 Å². The van der Waals surface area contributed by atoms with Gasteiger partial charge in [-0.15, -0.1) is 10.2 Å². The van der Waals surface area contributed by atoms with Gasteiger partial charge in [-0.05, 0) is 57.0 Å². The van der Waals surface area contributed by atoms with Gasteiger partial charge < -0.3 is 20.7 Å². The summed E-state index contributed by atoms with van der Waals surface area (Å²) in [4.78, 5) is 25.9. The summed E-state index contributed by atoms with van der Waals surface area (Å²) in [5.41, 5.74) is 2.90. The molecule has 2 aromatic carbocycles. The second kappa shape index (κ2) is 11.3. The van der Waals surface area contributed by atoms with E-state index in [-0.39, 0.29) is 17.9 Å². The highest BCUT2D eigenvalue weighted by Gasteiger charge is 2.44. The predicted molar refractivity (Wildman–Crippen MR) is 167 cm³/mol. The number of aromatic nitrogens is 4. The van der Waals surface area contributed by atoms with Crippen molar-refractivity contribution in [3.8, 4) is 5.75 Å². The van der Waals surface area contributed by atoms with Gasteiger partial charge in [-0.25, -0.2) is 9.31 Å². The predicted octanol–water partition coefficient (Wildman–Crippen LogP) is 6.52. The molecule has 0 bridgehead atoms. The van der Waals surface area contributed by atoms with E-state index in [1.165, 1.54) is 0 Å². The fourth-order valence-corrected chi connectivity index (χ4v) is 4.96. The molecule has 10 nitrogen and oxygen atoms in total. The first kappa shape index (κ1) is 30.9. The number of para-hydroxylation sites is 2. The largest absolute Gasteiger partial charge is 0.482 e. The second-order valence-electron chi connectivity index (χ2n) is 12.7. The maximum atomic E-state index is 13.1. The normalized spacial score (nSPS) is 12.3. The van der Waals surface area contributed by atoms with Gasteiger partial charge in [-0.3, -0.25) is 9.89 Å². The summed E-state index contributed by atoms with van der Waals surface area (Å²) < 4.78 is 7.65. The minimum Gasteiger partial charge on any atom is -0.482 e. The Bertz CT molecular complexity index is 1630. The number of ether oxygens (including phenoxy) is 1. The summed E-state index contributed by atoms with van der Waals surface area (Å²) in [6, 6.07) is 12.4. The Morgan fingerprint density at radius 2 is 1.62 bits per heavy atom. The molecule has 2 aromatic heterocycles. The lowest BCUT2D eigenvalue weighted by Crippen LogP contribution is -2.57. The Hall–Kier alpha value is -4.05. The average molecular weight is 594 g/mol. The van der Waals surface area contributed by atoms with Crippen molar-refractivity contribution in [2.45, 2.75) is 78.7 Å². The van der Waals surface area contributed by atoms with Crippen LogP contribution in [0.25, 0.3) is 5.65 Å². The number of nitrogens with zero attached hydrogens (tertiary/aromatic N) is 3. The van der Waals surface area contributed by atoms with Crippen molar-refractivity contribution in [1.82, 2.24) is 25.1 Å². The highest BCUT2D eigenvalue weighted by Crippen LogP contribution is 2.37. The molecule has 0 aliphatic heterocycles. The number of rotatable bonds is 8. The first-order valence-corrected chi connectivity index (χ1v) is 14.2. The summed E-state index contributed by atoms with van der Waals surface area (Å²) in [7, 11) is 0. The molecule has 0 spiro atoms. The molecule has 4 N–H and O–H groups in total. The van der Waals surface area contributed by atoms with E-state index >= 15 is 0 Å². The van der Waals surface area contributed by atoms with Gasteiger partial charge >= 0.3 is 6.03 Å². The van der Waals surface area contributed by atoms with Gasteiger partial charge in [0, 0.05) is 22.1 Å². The third kappa shape index (κ3) is 6.23. The summed E-state index contributed by atoms with van der Waals surface area (Å²) in [5.74, 6) is 0.671. The van der Waals surface area contributed by atoms with Gasteiger partial charge in [0.2, 0.25) is 0 Å². The number of nitrogens with one attached hydrogen (secondary N) is 4. The molecule has 11 heteroatoms. The molecule has 3 amide bonds. The van der Waals surface area contributed by atoms with E-state index in [9.17, 15) is 9.59 Å². The first-order valence-electron chi connectivity index (χ1n) is 13.8. The molecular formula is C31H40ClN7O3. The lowest BCUT2D eigenvalue weighted by Gasteiger charge is -2.40. The second-order valence-corrected chi connectivity index (χ2v) is 13.1. The number of fused-ring (bicyclic) bond motifs is 1. The van der Waals surface area contributed by atoms with Crippen molar-refractivity contribution in [2.24, 2.45) is 0 Å². The van der Waals surface area contributed by atoms with Crippen molar-refractivity contribution in [3.05, 3.63) is 70.1 Å². The van der Waals surface area contributed by atoms with Crippen LogP contribution in [-0.4, -0.2) is 43.9 Å². The van der Waals surface area contributed by atoms with Crippen molar-refractivity contribution in [1.29, 1.82) is 0 Å². The Morgan fingerprint density at radius 3 is 2.31 bits per heavy atom.